The molecule has 4 heterocycles. The molecule has 2 aliphatic rings. The molecule has 352 valence electrons. The summed E-state index contributed by atoms with van der Waals surface area (Å²) < 4.78 is 56.0. The van der Waals surface area contributed by atoms with Gasteiger partial charge < -0.3 is 21.3 Å². The third-order valence-corrected chi connectivity index (χ3v) is 18.8. The molecule has 4 N–H and O–H groups in total. The van der Waals surface area contributed by atoms with Gasteiger partial charge in [-0.2, -0.15) is 8.61 Å². The van der Waals surface area contributed by atoms with Gasteiger partial charge in [-0.3, -0.25) is 9.59 Å². The van der Waals surface area contributed by atoms with E-state index in [-0.39, 0.29) is 24.9 Å². The summed E-state index contributed by atoms with van der Waals surface area (Å²) in [4.78, 5) is 26.1. The van der Waals surface area contributed by atoms with E-state index in [0.29, 0.717) is 67.9 Å². The van der Waals surface area contributed by atoms with Gasteiger partial charge in [-0.15, -0.1) is 22.7 Å². The molecule has 0 aliphatic carbocycles. The molecular weight excluding hydrogens is 932 g/mol. The Hall–Kier alpha value is -2.90. The highest BCUT2D eigenvalue weighted by molar-refractivity contribution is 7.91. The minimum Gasteiger partial charge on any atom is -0.347 e. The van der Waals surface area contributed by atoms with E-state index in [4.69, 9.17) is 23.2 Å². The number of rotatable bonds is 22. The number of hydrogen-bond donors (Lipinski definition) is 4. The highest BCUT2D eigenvalue weighted by atomic mass is 35.5. The third kappa shape index (κ3) is 16.2. The second kappa shape index (κ2) is 26.4. The van der Waals surface area contributed by atoms with Crippen molar-refractivity contribution in [1.29, 1.82) is 0 Å². The Morgan fingerprint density at radius 2 is 0.906 bits per heavy atom. The smallest absolute Gasteiger partial charge is 0.252 e. The third-order valence-electron chi connectivity index (χ3n) is 11.4. The lowest BCUT2D eigenvalue weighted by atomic mass is 10.1. The van der Waals surface area contributed by atoms with E-state index in [1.165, 1.54) is 74.0 Å². The Bertz CT molecular complexity index is 2260. The van der Waals surface area contributed by atoms with Crippen LogP contribution in [-0.4, -0.2) is 88.6 Å². The van der Waals surface area contributed by atoms with Crippen LogP contribution in [0.1, 0.15) is 121 Å². The van der Waals surface area contributed by atoms with Crippen molar-refractivity contribution in [2.45, 2.75) is 124 Å². The van der Waals surface area contributed by atoms with Crippen molar-refractivity contribution in [2.75, 3.05) is 39.3 Å². The Labute approximate surface area is 399 Å². The van der Waals surface area contributed by atoms with Gasteiger partial charge in [-0.25, -0.2) is 16.8 Å². The maximum absolute atomic E-state index is 13.1. The number of halogens is 2. The minimum atomic E-state index is -3.50. The van der Waals surface area contributed by atoms with E-state index < -0.39 is 20.0 Å². The summed E-state index contributed by atoms with van der Waals surface area (Å²) in [6.07, 6.45) is 13.2. The second-order valence-electron chi connectivity index (χ2n) is 16.2. The predicted octanol–water partition coefficient (Wildman–Crippen LogP) is 9.31. The molecule has 2 amide bonds. The van der Waals surface area contributed by atoms with Crippen LogP contribution in [0, 0.1) is 0 Å². The van der Waals surface area contributed by atoms with Crippen molar-refractivity contribution in [1.82, 2.24) is 29.9 Å². The van der Waals surface area contributed by atoms with Crippen LogP contribution in [0.25, 0.3) is 0 Å². The number of benzene rings is 2. The second-order valence-corrected chi connectivity index (χ2v) is 23.7. The van der Waals surface area contributed by atoms with Gasteiger partial charge in [0.25, 0.3) is 31.9 Å². The highest BCUT2D eigenvalue weighted by Crippen LogP contribution is 2.29. The van der Waals surface area contributed by atoms with Crippen LogP contribution in [0.2, 0.25) is 10.0 Å². The zero-order valence-corrected chi connectivity index (χ0v) is 41.7. The number of carbonyl (C=O) groups excluding carboxylic acids is 2. The topological polar surface area (TPSA) is 157 Å². The summed E-state index contributed by atoms with van der Waals surface area (Å²) in [5, 5.41) is 13.9. The van der Waals surface area contributed by atoms with Crippen LogP contribution in [0.5, 0.6) is 0 Å². The molecule has 64 heavy (non-hydrogen) atoms. The van der Waals surface area contributed by atoms with Gasteiger partial charge in [0.05, 0.1) is 13.1 Å². The molecule has 0 spiro atoms. The molecule has 0 unspecified atom stereocenters. The van der Waals surface area contributed by atoms with Crippen LogP contribution in [0.3, 0.4) is 0 Å². The lowest BCUT2D eigenvalue weighted by Gasteiger charge is -2.31. The van der Waals surface area contributed by atoms with E-state index in [1.807, 2.05) is 0 Å². The highest BCUT2D eigenvalue weighted by Gasteiger charge is 2.32. The lowest BCUT2D eigenvalue weighted by Crippen LogP contribution is -2.44. The summed E-state index contributed by atoms with van der Waals surface area (Å²) in [6, 6.07) is 20.9. The zero-order valence-electron chi connectivity index (χ0n) is 37.0. The van der Waals surface area contributed by atoms with Crippen LogP contribution >= 0.6 is 45.9 Å². The number of sulfonamides is 2. The standard InChI is InChI=1S/C24H34ClN3O3S2.C22H30ClN3O3S2/c1-2-3-4-5-6-15-26-21-13-16-28(17-14-21)33(30,31)23-12-11-22(32-23)18-27-24(29)19-7-9-20(25)10-8-19;1-2-3-4-13-24-19-11-14-26(15-12-19)31(28,29)21-10-9-20(30-21)16-25-22(27)17-5-7-18(23)8-6-17/h7-12,21,26H,2-6,13-18H2,1H3,(H,27,29);5-10,19,24H,2-4,11-16H2,1H3,(H,25,27). The molecule has 0 atom stereocenters. The average molecular weight is 996 g/mol. The van der Waals surface area contributed by atoms with Crippen LogP contribution < -0.4 is 21.3 Å². The molecule has 2 aromatic heterocycles. The molecule has 0 bridgehead atoms. The normalized spacial score (nSPS) is 15.7. The van der Waals surface area contributed by atoms with Crippen LogP contribution in [0.15, 0.2) is 81.2 Å². The molecule has 4 aromatic rings. The number of amides is 2. The Kier molecular flexibility index (Phi) is 21.5. The maximum Gasteiger partial charge on any atom is 0.252 e. The number of thiophene rings is 2. The van der Waals surface area contributed by atoms with E-state index in [9.17, 15) is 26.4 Å². The molecule has 18 heteroatoms. The van der Waals surface area contributed by atoms with Gasteiger partial charge in [0.1, 0.15) is 8.42 Å². The largest absolute Gasteiger partial charge is 0.347 e. The molecule has 6 rings (SSSR count). The predicted molar refractivity (Wildman–Crippen MR) is 262 cm³/mol. The summed E-state index contributed by atoms with van der Waals surface area (Å²) in [6.45, 7) is 9.13. The Balaban J connectivity index is 0.000000241. The number of carbonyl (C=O) groups is 2. The fourth-order valence-corrected chi connectivity index (χ4v) is 13.6. The van der Waals surface area contributed by atoms with Crippen molar-refractivity contribution < 1.29 is 26.4 Å². The van der Waals surface area contributed by atoms with Crippen LogP contribution in [-0.2, 0) is 33.1 Å². The first kappa shape index (κ1) is 52.1. The van der Waals surface area contributed by atoms with Gasteiger partial charge in [0, 0.05) is 69.2 Å². The molecule has 2 aromatic carbocycles. The van der Waals surface area contributed by atoms with E-state index in [0.717, 1.165) is 48.5 Å². The molecule has 0 saturated carbocycles. The van der Waals surface area contributed by atoms with E-state index >= 15 is 0 Å². The summed E-state index contributed by atoms with van der Waals surface area (Å²) in [5.74, 6) is -0.438. The minimum absolute atomic E-state index is 0.218. The van der Waals surface area contributed by atoms with E-state index in [2.05, 4.69) is 35.1 Å². The summed E-state index contributed by atoms with van der Waals surface area (Å²) >= 11 is 14.1. The van der Waals surface area contributed by atoms with Crippen molar-refractivity contribution in [2.24, 2.45) is 0 Å². The van der Waals surface area contributed by atoms with Crippen molar-refractivity contribution >= 4 is 77.7 Å². The van der Waals surface area contributed by atoms with Gasteiger partial charge in [-0.1, -0.05) is 75.6 Å². The zero-order chi connectivity index (χ0) is 46.0. The Morgan fingerprint density at radius 1 is 0.547 bits per heavy atom. The fraction of sp³-hybridized carbons (Fsp3) is 0.522. The molecular formula is C46H64Cl2N6O6S4. The molecule has 2 saturated heterocycles. The maximum atomic E-state index is 13.1. The van der Waals surface area contributed by atoms with Gasteiger partial charge in [0.2, 0.25) is 0 Å². The average Bonchev–Trinajstić information content (AvgIpc) is 4.00. The van der Waals surface area contributed by atoms with Crippen LogP contribution in [0.4, 0.5) is 0 Å². The van der Waals surface area contributed by atoms with Crippen molar-refractivity contribution in [3.8, 4) is 0 Å². The van der Waals surface area contributed by atoms with Gasteiger partial charge in [0.15, 0.2) is 0 Å². The number of unbranched alkanes of at least 4 members (excludes halogenated alkanes) is 6. The molecule has 2 aliphatic heterocycles. The number of hydrogen-bond acceptors (Lipinski definition) is 10. The summed E-state index contributed by atoms with van der Waals surface area (Å²) in [7, 11) is -6.99. The lowest BCUT2D eigenvalue weighted by molar-refractivity contribution is 0.0943. The first-order valence-corrected chi connectivity index (χ1v) is 27.8. The number of nitrogens with zero attached hydrogens (tertiary/aromatic N) is 2. The quantitative estimate of drug-likeness (QED) is 0.0568. The molecule has 12 nitrogen and oxygen atoms in total. The summed E-state index contributed by atoms with van der Waals surface area (Å²) in [5.41, 5.74) is 1.03. The fourth-order valence-electron chi connectivity index (χ4n) is 7.50. The molecule has 2 fully saturated rings. The first-order valence-electron chi connectivity index (χ1n) is 22.5. The number of piperidine rings is 2. The van der Waals surface area contributed by atoms with Gasteiger partial charge >= 0.3 is 0 Å². The Morgan fingerprint density at radius 3 is 1.30 bits per heavy atom. The molecule has 0 radical (unpaired) electrons. The monoisotopic (exact) mass is 994 g/mol. The van der Waals surface area contributed by atoms with Gasteiger partial charge in [-0.05, 0) is 124 Å². The first-order chi connectivity index (χ1) is 30.8. The van der Waals surface area contributed by atoms with E-state index in [1.54, 1.807) is 81.4 Å². The van der Waals surface area contributed by atoms with Crippen molar-refractivity contribution in [3.63, 3.8) is 0 Å². The van der Waals surface area contributed by atoms with Crippen molar-refractivity contribution in [3.05, 3.63) is 104 Å². The number of nitrogens with one attached hydrogen (secondary N) is 4. The SMILES string of the molecule is CCCCCCCNC1CCN(S(=O)(=O)c2ccc(CNC(=O)c3ccc(Cl)cc3)s2)CC1.CCCCCNC1CCN(S(=O)(=O)c2ccc(CNC(=O)c3ccc(Cl)cc3)s2)CC1.